The molecule has 2 aromatic carbocycles. The van der Waals surface area contributed by atoms with Crippen LogP contribution in [0.15, 0.2) is 53.4 Å². The second-order valence-corrected chi connectivity index (χ2v) is 5.07. The summed E-state index contributed by atoms with van der Waals surface area (Å²) in [7, 11) is 0. The van der Waals surface area contributed by atoms with Crippen molar-refractivity contribution in [3.8, 4) is 11.1 Å². The normalized spacial score (nSPS) is 10.6. The minimum absolute atomic E-state index is 0.784. The molecule has 1 nitrogen and oxygen atoms in total. The number of aryl methyl sites for hydroxylation is 1. The van der Waals surface area contributed by atoms with E-state index in [-0.39, 0.29) is 0 Å². The molecule has 0 aliphatic heterocycles. The molecule has 0 aliphatic rings. The molecule has 0 saturated carbocycles. The smallest absolute Gasteiger partial charge is 0.0351 e. The van der Waals surface area contributed by atoms with Crippen molar-refractivity contribution in [1.29, 1.82) is 0 Å². The highest BCUT2D eigenvalue weighted by molar-refractivity contribution is 7.93. The van der Waals surface area contributed by atoms with E-state index in [9.17, 15) is 0 Å². The molecule has 18 heavy (non-hydrogen) atoms. The van der Waals surface area contributed by atoms with E-state index in [4.69, 9.17) is 4.55 Å². The Morgan fingerprint density at radius 2 is 1.44 bits per heavy atom. The predicted octanol–water partition coefficient (Wildman–Crippen LogP) is 5.26. The highest BCUT2D eigenvalue weighted by Gasteiger charge is 1.99. The largest absolute Gasteiger partial charge is 0.325 e. The van der Waals surface area contributed by atoms with Crippen LogP contribution in [0, 0.1) is 0 Å². The highest BCUT2D eigenvalue weighted by Crippen LogP contribution is 2.23. The molecule has 0 aliphatic carbocycles. The fraction of sp³-hybridized carbons (Fsp3) is 0.250. The van der Waals surface area contributed by atoms with Crippen LogP contribution in [0.2, 0.25) is 0 Å². The first-order chi connectivity index (χ1) is 8.83. The SMILES string of the molecule is CCCCc1ccc(-c2ccc(SO)cc2)cc1. The maximum Gasteiger partial charge on any atom is 0.0351 e. The third-order valence-electron chi connectivity index (χ3n) is 3.07. The molecule has 2 rings (SSSR count). The van der Waals surface area contributed by atoms with Crippen LogP contribution in [-0.4, -0.2) is 4.55 Å². The first-order valence-electron chi connectivity index (χ1n) is 6.34. The number of hydrogen-bond acceptors (Lipinski definition) is 2. The summed E-state index contributed by atoms with van der Waals surface area (Å²) in [4.78, 5) is 0.873. The van der Waals surface area contributed by atoms with E-state index < -0.39 is 0 Å². The Balaban J connectivity index is 2.12. The minimum atomic E-state index is 0.784. The summed E-state index contributed by atoms with van der Waals surface area (Å²) in [5.74, 6) is 0. The van der Waals surface area contributed by atoms with Crippen LogP contribution < -0.4 is 0 Å². The lowest BCUT2D eigenvalue weighted by molar-refractivity contribution is 0.664. The van der Waals surface area contributed by atoms with E-state index in [0.717, 1.165) is 23.4 Å². The van der Waals surface area contributed by atoms with Gasteiger partial charge in [0, 0.05) is 16.9 Å². The molecule has 1 N–H and O–H groups in total. The van der Waals surface area contributed by atoms with Gasteiger partial charge in [0.05, 0.1) is 0 Å². The average Bonchev–Trinajstić information content (AvgIpc) is 2.46. The van der Waals surface area contributed by atoms with Crippen LogP contribution in [0.5, 0.6) is 0 Å². The highest BCUT2D eigenvalue weighted by atomic mass is 32.2. The lowest BCUT2D eigenvalue weighted by atomic mass is 10.0. The molecule has 0 unspecified atom stereocenters. The van der Waals surface area contributed by atoms with Gasteiger partial charge in [-0.15, -0.1) is 0 Å². The van der Waals surface area contributed by atoms with Crippen LogP contribution >= 0.6 is 12.0 Å². The van der Waals surface area contributed by atoms with Gasteiger partial charge >= 0.3 is 0 Å². The zero-order valence-corrected chi connectivity index (χ0v) is 11.4. The number of hydrogen-bond donors (Lipinski definition) is 1. The zero-order valence-electron chi connectivity index (χ0n) is 10.6. The van der Waals surface area contributed by atoms with Gasteiger partial charge in [-0.25, -0.2) is 0 Å². The van der Waals surface area contributed by atoms with Gasteiger partial charge in [0.15, 0.2) is 0 Å². The third-order valence-corrected chi connectivity index (χ3v) is 3.55. The van der Waals surface area contributed by atoms with Gasteiger partial charge in [0.2, 0.25) is 0 Å². The fourth-order valence-electron chi connectivity index (χ4n) is 1.95. The Kier molecular flexibility index (Phi) is 4.85. The van der Waals surface area contributed by atoms with Crippen molar-refractivity contribution in [2.24, 2.45) is 0 Å². The van der Waals surface area contributed by atoms with Gasteiger partial charge in [-0.3, -0.25) is 0 Å². The van der Waals surface area contributed by atoms with E-state index >= 15 is 0 Å². The molecule has 0 spiro atoms. The monoisotopic (exact) mass is 258 g/mol. The molecule has 0 fully saturated rings. The maximum absolute atomic E-state index is 8.93. The van der Waals surface area contributed by atoms with Gasteiger partial charge in [-0.1, -0.05) is 49.7 Å². The Bertz CT molecular complexity index is 473. The Morgan fingerprint density at radius 1 is 0.889 bits per heavy atom. The first-order valence-corrected chi connectivity index (χ1v) is 7.11. The summed E-state index contributed by atoms with van der Waals surface area (Å²) in [6.45, 7) is 2.22. The summed E-state index contributed by atoms with van der Waals surface area (Å²) >= 11 is 0.784. The summed E-state index contributed by atoms with van der Waals surface area (Å²) < 4.78 is 8.93. The molecule has 2 aromatic rings. The number of benzene rings is 2. The van der Waals surface area contributed by atoms with E-state index in [1.807, 2.05) is 24.3 Å². The van der Waals surface area contributed by atoms with E-state index in [0.29, 0.717) is 0 Å². The Hall–Kier alpha value is -1.25. The Morgan fingerprint density at radius 3 is 1.94 bits per heavy atom. The number of rotatable bonds is 5. The van der Waals surface area contributed by atoms with Gasteiger partial charge in [0.1, 0.15) is 0 Å². The molecule has 94 valence electrons. The molecule has 0 radical (unpaired) electrons. The predicted molar refractivity (Wildman–Crippen MR) is 79.0 cm³/mol. The zero-order chi connectivity index (χ0) is 12.8. The van der Waals surface area contributed by atoms with Gasteiger partial charge in [0.25, 0.3) is 0 Å². The van der Waals surface area contributed by atoms with Gasteiger partial charge < -0.3 is 4.55 Å². The summed E-state index contributed by atoms with van der Waals surface area (Å²) in [5, 5.41) is 0. The second kappa shape index (κ2) is 6.62. The third kappa shape index (κ3) is 3.37. The number of unbranched alkanes of at least 4 members (excludes halogenated alkanes) is 1. The lowest BCUT2D eigenvalue weighted by Crippen LogP contribution is -1.85. The van der Waals surface area contributed by atoms with Crippen molar-refractivity contribution >= 4 is 12.0 Å². The van der Waals surface area contributed by atoms with Crippen molar-refractivity contribution < 1.29 is 4.55 Å². The summed E-state index contributed by atoms with van der Waals surface area (Å²) in [5.41, 5.74) is 3.82. The maximum atomic E-state index is 8.93. The molecular weight excluding hydrogens is 240 g/mol. The molecule has 0 amide bonds. The van der Waals surface area contributed by atoms with Crippen LogP contribution in [0.4, 0.5) is 0 Å². The summed E-state index contributed by atoms with van der Waals surface area (Å²) in [6.07, 6.45) is 3.65. The van der Waals surface area contributed by atoms with Crippen molar-refractivity contribution in [1.82, 2.24) is 0 Å². The summed E-state index contributed by atoms with van der Waals surface area (Å²) in [6, 6.07) is 16.7. The minimum Gasteiger partial charge on any atom is -0.325 e. The standard InChI is InChI=1S/C16H18OS/c1-2-3-4-13-5-7-14(8-6-13)15-9-11-16(18-17)12-10-15/h5-12,17H,2-4H2,1H3. The van der Waals surface area contributed by atoms with Crippen LogP contribution in [0.3, 0.4) is 0 Å². The van der Waals surface area contributed by atoms with Crippen LogP contribution in [0.1, 0.15) is 25.3 Å². The van der Waals surface area contributed by atoms with Gasteiger partial charge in [-0.2, -0.15) is 0 Å². The second-order valence-electron chi connectivity index (χ2n) is 4.42. The van der Waals surface area contributed by atoms with Crippen LogP contribution in [-0.2, 0) is 6.42 Å². The molecule has 0 atom stereocenters. The first kappa shape index (κ1) is 13.2. The van der Waals surface area contributed by atoms with Crippen molar-refractivity contribution in [3.05, 3.63) is 54.1 Å². The molecular formula is C16H18OS. The molecule has 0 saturated heterocycles. The average molecular weight is 258 g/mol. The topological polar surface area (TPSA) is 20.2 Å². The fourth-order valence-corrected chi connectivity index (χ4v) is 2.21. The van der Waals surface area contributed by atoms with E-state index in [1.54, 1.807) is 0 Å². The van der Waals surface area contributed by atoms with Gasteiger partial charge in [-0.05, 0) is 41.7 Å². The van der Waals surface area contributed by atoms with E-state index in [2.05, 4.69) is 31.2 Å². The quantitative estimate of drug-likeness (QED) is 0.738. The van der Waals surface area contributed by atoms with E-state index in [1.165, 1.54) is 29.5 Å². The lowest BCUT2D eigenvalue weighted by Gasteiger charge is -2.05. The van der Waals surface area contributed by atoms with Crippen molar-refractivity contribution in [3.63, 3.8) is 0 Å². The molecule has 0 heterocycles. The molecule has 0 bridgehead atoms. The van der Waals surface area contributed by atoms with Crippen molar-refractivity contribution in [2.75, 3.05) is 0 Å². The van der Waals surface area contributed by atoms with Crippen LogP contribution in [0.25, 0.3) is 11.1 Å². The molecule has 0 aromatic heterocycles. The Labute approximate surface area is 113 Å². The van der Waals surface area contributed by atoms with Crippen molar-refractivity contribution in [2.45, 2.75) is 31.1 Å². The molecule has 2 heteroatoms.